The van der Waals surface area contributed by atoms with Gasteiger partial charge in [-0.05, 0) is 84.1 Å². The fourth-order valence-electron chi connectivity index (χ4n) is 5.33. The van der Waals surface area contributed by atoms with E-state index in [0.717, 1.165) is 44.0 Å². The van der Waals surface area contributed by atoms with Crippen LogP contribution in [-0.2, 0) is 19.4 Å². The molecule has 0 bridgehead atoms. The summed E-state index contributed by atoms with van der Waals surface area (Å²) in [7, 11) is 6.37. The third kappa shape index (κ3) is 6.95. The number of methoxy groups -OCH3 is 4. The van der Waals surface area contributed by atoms with E-state index in [1.165, 1.54) is 30.9 Å². The van der Waals surface area contributed by atoms with Crippen LogP contribution in [0.4, 0.5) is 11.4 Å². The van der Waals surface area contributed by atoms with Crippen molar-refractivity contribution >= 4 is 23.2 Å². The van der Waals surface area contributed by atoms with Gasteiger partial charge in [0, 0.05) is 30.9 Å². The lowest BCUT2D eigenvalue weighted by Gasteiger charge is -2.29. The van der Waals surface area contributed by atoms with Crippen LogP contribution in [0.15, 0.2) is 78.9 Å². The number of hydrogen-bond donors (Lipinski definition) is 2. The largest absolute Gasteiger partial charge is 0.493 e. The van der Waals surface area contributed by atoms with Crippen LogP contribution in [0.2, 0.25) is 0 Å². The van der Waals surface area contributed by atoms with Crippen LogP contribution < -0.4 is 29.6 Å². The first-order valence-corrected chi connectivity index (χ1v) is 14.4. The second kappa shape index (κ2) is 14.0. The van der Waals surface area contributed by atoms with Crippen molar-refractivity contribution in [2.75, 3.05) is 52.2 Å². The Morgan fingerprint density at radius 3 is 2.07 bits per heavy atom. The molecule has 0 spiro atoms. The summed E-state index contributed by atoms with van der Waals surface area (Å²) < 4.78 is 21.5. The minimum Gasteiger partial charge on any atom is -0.493 e. The fourth-order valence-corrected chi connectivity index (χ4v) is 5.33. The van der Waals surface area contributed by atoms with E-state index >= 15 is 0 Å². The zero-order valence-electron chi connectivity index (χ0n) is 25.4. The van der Waals surface area contributed by atoms with Crippen molar-refractivity contribution in [3.8, 4) is 23.0 Å². The molecule has 2 amide bonds. The molecule has 0 unspecified atom stereocenters. The second-order valence-corrected chi connectivity index (χ2v) is 10.5. The number of ether oxygens (including phenoxy) is 4. The Hall–Kier alpha value is -5.02. The van der Waals surface area contributed by atoms with E-state index in [0.29, 0.717) is 34.0 Å². The summed E-state index contributed by atoms with van der Waals surface area (Å²) in [5.41, 5.74) is 5.57. The smallest absolute Gasteiger partial charge is 0.257 e. The number of amides is 2. The number of nitrogens with zero attached hydrogens (tertiary/aromatic N) is 1. The fraction of sp³-hybridized carbons (Fsp3) is 0.257. The molecule has 2 N–H and O–H groups in total. The molecular weight excluding hydrogens is 558 g/mol. The quantitative estimate of drug-likeness (QED) is 0.225. The van der Waals surface area contributed by atoms with Crippen molar-refractivity contribution < 1.29 is 28.5 Å². The third-order valence-electron chi connectivity index (χ3n) is 7.79. The van der Waals surface area contributed by atoms with Gasteiger partial charge < -0.3 is 29.6 Å². The number of carbonyl (C=O) groups is 2. The maximum Gasteiger partial charge on any atom is 0.257 e. The molecule has 0 saturated heterocycles. The Morgan fingerprint density at radius 2 is 1.36 bits per heavy atom. The molecule has 0 saturated carbocycles. The van der Waals surface area contributed by atoms with E-state index in [1.54, 1.807) is 56.7 Å². The van der Waals surface area contributed by atoms with Crippen LogP contribution in [0.1, 0.15) is 37.4 Å². The van der Waals surface area contributed by atoms with Gasteiger partial charge in [0.05, 0.1) is 39.7 Å². The van der Waals surface area contributed by atoms with Gasteiger partial charge >= 0.3 is 0 Å². The zero-order valence-corrected chi connectivity index (χ0v) is 25.4. The summed E-state index contributed by atoms with van der Waals surface area (Å²) >= 11 is 0. The summed E-state index contributed by atoms with van der Waals surface area (Å²) in [6.45, 7) is 2.77. The Kier molecular flexibility index (Phi) is 9.66. The van der Waals surface area contributed by atoms with Crippen LogP contribution in [0.3, 0.4) is 0 Å². The van der Waals surface area contributed by atoms with Crippen LogP contribution in [0.5, 0.6) is 23.0 Å². The van der Waals surface area contributed by atoms with Crippen molar-refractivity contribution in [3.05, 3.63) is 107 Å². The number of carbonyl (C=O) groups excluding carboxylic acids is 2. The van der Waals surface area contributed by atoms with E-state index in [9.17, 15) is 9.59 Å². The molecule has 0 atom stereocenters. The Bertz CT molecular complexity index is 1640. The van der Waals surface area contributed by atoms with Gasteiger partial charge in [0.15, 0.2) is 23.0 Å². The number of hydrogen-bond acceptors (Lipinski definition) is 7. The van der Waals surface area contributed by atoms with E-state index in [-0.39, 0.29) is 11.8 Å². The van der Waals surface area contributed by atoms with Gasteiger partial charge in [-0.3, -0.25) is 14.5 Å². The monoisotopic (exact) mass is 595 g/mol. The Labute approximate surface area is 257 Å². The number of benzene rings is 4. The van der Waals surface area contributed by atoms with Gasteiger partial charge in [-0.1, -0.05) is 24.3 Å². The maximum absolute atomic E-state index is 13.2. The van der Waals surface area contributed by atoms with Crippen molar-refractivity contribution in [1.29, 1.82) is 0 Å². The van der Waals surface area contributed by atoms with E-state index in [4.69, 9.17) is 18.9 Å². The predicted molar refractivity (Wildman–Crippen MR) is 171 cm³/mol. The molecule has 44 heavy (non-hydrogen) atoms. The normalized spacial score (nSPS) is 12.5. The van der Waals surface area contributed by atoms with E-state index < -0.39 is 0 Å². The summed E-state index contributed by atoms with van der Waals surface area (Å²) in [5, 5.41) is 5.79. The summed E-state index contributed by atoms with van der Waals surface area (Å²) in [6.07, 6.45) is 1.86. The van der Waals surface area contributed by atoms with Gasteiger partial charge in [-0.25, -0.2) is 0 Å². The number of anilines is 2. The lowest BCUT2D eigenvalue weighted by molar-refractivity contribution is 0.102. The maximum atomic E-state index is 13.2. The molecule has 0 radical (unpaired) electrons. The number of para-hydroxylation sites is 1. The van der Waals surface area contributed by atoms with Crippen molar-refractivity contribution in [2.24, 2.45) is 0 Å². The predicted octanol–water partition coefficient (Wildman–Crippen LogP) is 5.83. The SMILES string of the molecule is COc1ccc(C(=O)Nc2ccccc2C(=O)Nc2ccc(CCN3CCc4cc(OC)c(OC)cc4C3)cc2)cc1OC. The molecule has 1 heterocycles. The summed E-state index contributed by atoms with van der Waals surface area (Å²) in [4.78, 5) is 28.7. The number of rotatable bonds is 11. The first-order valence-electron chi connectivity index (χ1n) is 14.4. The van der Waals surface area contributed by atoms with E-state index in [1.807, 2.05) is 24.3 Å². The minimum absolute atomic E-state index is 0.319. The first-order chi connectivity index (χ1) is 21.4. The van der Waals surface area contributed by atoms with Crippen LogP contribution in [0.25, 0.3) is 0 Å². The summed E-state index contributed by atoms with van der Waals surface area (Å²) in [6, 6.07) is 23.8. The molecule has 1 aliphatic rings. The third-order valence-corrected chi connectivity index (χ3v) is 7.79. The van der Waals surface area contributed by atoms with Gasteiger partial charge in [0.2, 0.25) is 0 Å². The zero-order chi connectivity index (χ0) is 31.1. The van der Waals surface area contributed by atoms with Crippen LogP contribution >= 0.6 is 0 Å². The molecule has 5 rings (SSSR count). The van der Waals surface area contributed by atoms with Crippen LogP contribution in [0, 0.1) is 0 Å². The lowest BCUT2D eigenvalue weighted by atomic mass is 9.98. The van der Waals surface area contributed by atoms with Crippen molar-refractivity contribution in [3.63, 3.8) is 0 Å². The first kappa shape index (κ1) is 30.4. The lowest BCUT2D eigenvalue weighted by Crippen LogP contribution is -2.32. The molecule has 0 aliphatic carbocycles. The molecule has 9 nitrogen and oxygen atoms in total. The molecule has 228 valence electrons. The molecule has 0 fully saturated rings. The Morgan fingerprint density at radius 1 is 0.705 bits per heavy atom. The molecule has 0 aromatic heterocycles. The topological polar surface area (TPSA) is 98.4 Å². The average Bonchev–Trinajstić information content (AvgIpc) is 3.06. The van der Waals surface area contributed by atoms with Crippen LogP contribution in [-0.4, -0.2) is 58.2 Å². The standard InChI is InChI=1S/C35H37N3O6/c1-41-30-14-11-25(20-31(30)42-2)34(39)37-29-8-6-5-7-28(29)35(40)36-27-12-9-23(10-13-27)15-17-38-18-16-24-19-32(43-3)33(44-4)21-26(24)22-38/h5-14,19-21H,15-18,22H2,1-4H3,(H,36,40)(H,37,39). The van der Waals surface area contributed by atoms with Gasteiger partial charge in [-0.2, -0.15) is 0 Å². The highest BCUT2D eigenvalue weighted by Gasteiger charge is 2.20. The van der Waals surface area contributed by atoms with Crippen molar-refractivity contribution in [1.82, 2.24) is 4.90 Å². The minimum atomic E-state index is -0.369. The highest BCUT2D eigenvalue weighted by molar-refractivity contribution is 6.12. The van der Waals surface area contributed by atoms with Gasteiger partial charge in [0.25, 0.3) is 11.8 Å². The highest BCUT2D eigenvalue weighted by atomic mass is 16.5. The molecule has 4 aromatic carbocycles. The molecular formula is C35H37N3O6. The van der Waals surface area contributed by atoms with Crippen molar-refractivity contribution in [2.45, 2.75) is 19.4 Å². The van der Waals surface area contributed by atoms with Gasteiger partial charge in [-0.15, -0.1) is 0 Å². The average molecular weight is 596 g/mol. The van der Waals surface area contributed by atoms with E-state index in [2.05, 4.69) is 27.7 Å². The molecule has 4 aromatic rings. The summed E-state index contributed by atoms with van der Waals surface area (Å²) in [5.74, 6) is 1.81. The number of nitrogens with one attached hydrogen (secondary N) is 2. The second-order valence-electron chi connectivity index (χ2n) is 10.5. The van der Waals surface area contributed by atoms with Gasteiger partial charge in [0.1, 0.15) is 0 Å². The molecule has 9 heteroatoms. The molecule has 1 aliphatic heterocycles. The highest BCUT2D eigenvalue weighted by Crippen LogP contribution is 2.33. The number of fused-ring (bicyclic) bond motifs is 1. The Balaban J connectivity index is 1.18.